The largest absolute Gasteiger partial charge is 0.477 e. The molecule has 68 valence electrons. The molecule has 0 atom stereocenters. The van der Waals surface area contributed by atoms with E-state index in [4.69, 9.17) is 33.2 Å². The Bertz CT molecular complexity index is 333. The lowest BCUT2D eigenvalue weighted by atomic mass is 10.2. The van der Waals surface area contributed by atoms with Gasteiger partial charge in [0.1, 0.15) is 11.8 Å². The highest BCUT2D eigenvalue weighted by Gasteiger charge is 2.01. The summed E-state index contributed by atoms with van der Waals surface area (Å²) in [6, 6.07) is 7.11. The maximum atomic E-state index is 8.28. The topological polar surface area (TPSA) is 33.0 Å². The molecule has 4 heteroatoms. The summed E-state index contributed by atoms with van der Waals surface area (Å²) in [5.41, 5.74) is 0.927. The Balaban J connectivity index is 2.80. The quantitative estimate of drug-likeness (QED) is 0.727. The highest BCUT2D eigenvalue weighted by molar-refractivity contribution is 6.32. The third-order valence-corrected chi connectivity index (χ3v) is 2.05. The fraction of sp³-hybridized carbons (Fsp3) is 0.222. The molecule has 0 saturated carbocycles. The van der Waals surface area contributed by atoms with E-state index in [9.17, 15) is 0 Å². The van der Waals surface area contributed by atoms with Crippen LogP contribution in [0.3, 0.4) is 0 Å². The molecule has 0 bridgehead atoms. The maximum absolute atomic E-state index is 8.28. The fourth-order valence-corrected chi connectivity index (χ4v) is 1.28. The van der Waals surface area contributed by atoms with Gasteiger partial charge in [-0.2, -0.15) is 5.26 Å². The van der Waals surface area contributed by atoms with E-state index in [0.717, 1.165) is 5.56 Å². The second kappa shape index (κ2) is 4.96. The molecule has 13 heavy (non-hydrogen) atoms. The zero-order valence-corrected chi connectivity index (χ0v) is 8.27. The maximum Gasteiger partial charge on any atom is 0.174 e. The normalized spacial score (nSPS) is 9.31. The summed E-state index contributed by atoms with van der Waals surface area (Å²) in [5, 5.41) is 8.76. The van der Waals surface area contributed by atoms with Crippen LogP contribution in [0.5, 0.6) is 5.75 Å². The molecule has 0 unspecified atom stereocenters. The van der Waals surface area contributed by atoms with Gasteiger partial charge in [0.15, 0.2) is 6.61 Å². The zero-order chi connectivity index (χ0) is 9.68. The third kappa shape index (κ3) is 2.80. The Morgan fingerprint density at radius 3 is 2.77 bits per heavy atom. The van der Waals surface area contributed by atoms with Crippen molar-refractivity contribution in [2.45, 2.75) is 5.88 Å². The highest BCUT2D eigenvalue weighted by atomic mass is 35.5. The van der Waals surface area contributed by atoms with E-state index in [1.54, 1.807) is 12.1 Å². The second-order valence-corrected chi connectivity index (χ2v) is 3.02. The van der Waals surface area contributed by atoms with Gasteiger partial charge in [0.05, 0.1) is 5.02 Å². The first-order valence-electron chi connectivity index (χ1n) is 3.62. The molecule has 0 aliphatic rings. The number of ether oxygens (including phenoxy) is 1. The summed E-state index contributed by atoms with van der Waals surface area (Å²) >= 11 is 11.5. The summed E-state index contributed by atoms with van der Waals surface area (Å²) in [6.07, 6.45) is 0. The molecule has 1 rings (SSSR count). The molecular weight excluding hydrogens is 209 g/mol. The predicted molar refractivity (Wildman–Crippen MR) is 52.1 cm³/mol. The van der Waals surface area contributed by atoms with Crippen LogP contribution in [-0.4, -0.2) is 6.61 Å². The van der Waals surface area contributed by atoms with Gasteiger partial charge in [0.2, 0.25) is 0 Å². The minimum Gasteiger partial charge on any atom is -0.477 e. The Hall–Kier alpha value is -0.910. The molecule has 0 aromatic heterocycles. The molecular formula is C9H7Cl2NO. The van der Waals surface area contributed by atoms with Crippen molar-refractivity contribution in [1.82, 2.24) is 0 Å². The molecule has 0 amide bonds. The van der Waals surface area contributed by atoms with Gasteiger partial charge in [0, 0.05) is 5.88 Å². The number of hydrogen-bond acceptors (Lipinski definition) is 2. The number of nitriles is 1. The van der Waals surface area contributed by atoms with Crippen molar-refractivity contribution in [2.75, 3.05) is 6.61 Å². The van der Waals surface area contributed by atoms with E-state index < -0.39 is 0 Å². The van der Waals surface area contributed by atoms with Crippen LogP contribution in [0.15, 0.2) is 18.2 Å². The Morgan fingerprint density at radius 1 is 1.46 bits per heavy atom. The van der Waals surface area contributed by atoms with E-state index >= 15 is 0 Å². The number of halogens is 2. The van der Waals surface area contributed by atoms with E-state index in [0.29, 0.717) is 16.7 Å². The molecule has 0 aliphatic heterocycles. The Morgan fingerprint density at radius 2 is 2.23 bits per heavy atom. The molecule has 0 aliphatic carbocycles. The van der Waals surface area contributed by atoms with Gasteiger partial charge in [-0.3, -0.25) is 0 Å². The average molecular weight is 216 g/mol. The summed E-state index contributed by atoms with van der Waals surface area (Å²) in [6.45, 7) is -0.0000579. The van der Waals surface area contributed by atoms with E-state index in [2.05, 4.69) is 0 Å². The van der Waals surface area contributed by atoms with Crippen molar-refractivity contribution >= 4 is 23.2 Å². The number of hydrogen-bond donors (Lipinski definition) is 0. The van der Waals surface area contributed by atoms with Crippen molar-refractivity contribution in [1.29, 1.82) is 5.26 Å². The Kier molecular flexibility index (Phi) is 3.88. The van der Waals surface area contributed by atoms with Crippen LogP contribution < -0.4 is 4.74 Å². The molecule has 1 aromatic rings. The minimum absolute atomic E-state index is 0.0000579. The monoisotopic (exact) mass is 215 g/mol. The van der Waals surface area contributed by atoms with Gasteiger partial charge in [0.25, 0.3) is 0 Å². The lowest BCUT2D eigenvalue weighted by molar-refractivity contribution is 0.368. The van der Waals surface area contributed by atoms with Gasteiger partial charge < -0.3 is 4.74 Å². The SMILES string of the molecule is N#CCOc1ccc(CCl)cc1Cl. The average Bonchev–Trinajstić information content (AvgIpc) is 2.16. The highest BCUT2D eigenvalue weighted by Crippen LogP contribution is 2.25. The zero-order valence-electron chi connectivity index (χ0n) is 6.76. The van der Waals surface area contributed by atoms with Gasteiger partial charge >= 0.3 is 0 Å². The van der Waals surface area contributed by atoms with Crippen LogP contribution in [0.2, 0.25) is 5.02 Å². The van der Waals surface area contributed by atoms with Crippen molar-refractivity contribution in [2.24, 2.45) is 0 Å². The number of alkyl halides is 1. The molecule has 2 nitrogen and oxygen atoms in total. The first-order valence-corrected chi connectivity index (χ1v) is 4.53. The van der Waals surface area contributed by atoms with Crippen molar-refractivity contribution in [3.63, 3.8) is 0 Å². The van der Waals surface area contributed by atoms with Crippen LogP contribution >= 0.6 is 23.2 Å². The van der Waals surface area contributed by atoms with Crippen LogP contribution in [0.1, 0.15) is 5.56 Å². The molecule has 0 heterocycles. The predicted octanol–water partition coefficient (Wildman–Crippen LogP) is 2.98. The summed E-state index contributed by atoms with van der Waals surface area (Å²) in [4.78, 5) is 0. The van der Waals surface area contributed by atoms with Gasteiger partial charge in [-0.15, -0.1) is 11.6 Å². The number of rotatable bonds is 3. The molecule has 0 fully saturated rings. The Labute approximate surface area is 86.6 Å². The first kappa shape index (κ1) is 10.2. The summed E-state index contributed by atoms with van der Waals surface area (Å²) in [5.74, 6) is 0.926. The minimum atomic E-state index is -0.0000579. The van der Waals surface area contributed by atoms with Gasteiger partial charge in [-0.25, -0.2) is 0 Å². The van der Waals surface area contributed by atoms with E-state index in [1.807, 2.05) is 12.1 Å². The van der Waals surface area contributed by atoms with Gasteiger partial charge in [-0.1, -0.05) is 17.7 Å². The molecule has 0 spiro atoms. The molecule has 0 radical (unpaired) electrons. The van der Waals surface area contributed by atoms with E-state index in [1.165, 1.54) is 0 Å². The summed E-state index contributed by atoms with van der Waals surface area (Å²) in [7, 11) is 0. The van der Waals surface area contributed by atoms with Crippen LogP contribution in [0.25, 0.3) is 0 Å². The van der Waals surface area contributed by atoms with Crippen LogP contribution in [-0.2, 0) is 5.88 Å². The van der Waals surface area contributed by atoms with Crippen molar-refractivity contribution < 1.29 is 4.74 Å². The second-order valence-electron chi connectivity index (χ2n) is 2.35. The smallest absolute Gasteiger partial charge is 0.174 e. The van der Waals surface area contributed by atoms with Crippen LogP contribution in [0.4, 0.5) is 0 Å². The summed E-state index contributed by atoms with van der Waals surface area (Å²) < 4.78 is 5.05. The third-order valence-electron chi connectivity index (χ3n) is 1.44. The molecule has 0 saturated heterocycles. The fourth-order valence-electron chi connectivity index (χ4n) is 0.855. The standard InChI is InChI=1S/C9H7Cl2NO/c10-6-7-1-2-9(8(11)5-7)13-4-3-12/h1-2,5H,4,6H2. The lowest BCUT2D eigenvalue weighted by Crippen LogP contribution is -1.94. The molecule has 1 aromatic carbocycles. The number of nitrogens with zero attached hydrogens (tertiary/aromatic N) is 1. The van der Waals surface area contributed by atoms with Crippen molar-refractivity contribution in [3.8, 4) is 11.8 Å². The first-order chi connectivity index (χ1) is 6.27. The lowest BCUT2D eigenvalue weighted by Gasteiger charge is -2.04. The number of benzene rings is 1. The van der Waals surface area contributed by atoms with Gasteiger partial charge in [-0.05, 0) is 17.7 Å². The van der Waals surface area contributed by atoms with E-state index in [-0.39, 0.29) is 6.61 Å². The molecule has 0 N–H and O–H groups in total. The van der Waals surface area contributed by atoms with Crippen LogP contribution in [0, 0.1) is 11.3 Å². The van der Waals surface area contributed by atoms with Crippen molar-refractivity contribution in [3.05, 3.63) is 28.8 Å².